The molecule has 5 rings (SSSR count). The molecule has 4 fully saturated rings. The van der Waals surface area contributed by atoms with E-state index in [1.54, 1.807) is 0 Å². The molecule has 4 aliphatic rings. The van der Waals surface area contributed by atoms with Gasteiger partial charge in [0.2, 0.25) is 0 Å². The van der Waals surface area contributed by atoms with Crippen molar-refractivity contribution >= 4 is 11.9 Å². The number of aryl methyl sites for hydroxylation is 1. The van der Waals surface area contributed by atoms with Gasteiger partial charge in [-0.25, -0.2) is 0 Å². The fourth-order valence-corrected chi connectivity index (χ4v) is 7.80. The molecule has 0 saturated heterocycles. The summed E-state index contributed by atoms with van der Waals surface area (Å²) in [4.78, 5) is 13.4. The molecule has 1 heterocycles. The maximum Gasteiger partial charge on any atom is 0.165 e. The number of nitrogens with zero attached hydrogens (tertiary/aromatic N) is 2. The molecule has 3 heteroatoms. The van der Waals surface area contributed by atoms with E-state index in [4.69, 9.17) is 0 Å². The molecule has 1 aromatic heterocycles. The Morgan fingerprint density at radius 3 is 2.74 bits per heavy atom. The Hall–Kier alpha value is -1.38. The van der Waals surface area contributed by atoms with Crippen molar-refractivity contribution in [2.75, 3.05) is 0 Å². The van der Waals surface area contributed by atoms with Crippen molar-refractivity contribution in [2.24, 2.45) is 41.5 Å². The fourth-order valence-electron chi connectivity index (χ4n) is 7.80. The average Bonchev–Trinajstić information content (AvgIpc) is 3.17. The average molecular weight is 367 g/mol. The minimum Gasteiger partial charge on any atom is -0.294 e. The third-order valence-electron chi connectivity index (χ3n) is 9.40. The molecule has 6 atom stereocenters. The van der Waals surface area contributed by atoms with Crippen molar-refractivity contribution in [3.8, 4) is 0 Å². The first-order valence-corrected chi connectivity index (χ1v) is 11.2. The van der Waals surface area contributed by atoms with Crippen LogP contribution in [0.1, 0.15) is 77.3 Å². The Bertz CT molecular complexity index is 792. The van der Waals surface area contributed by atoms with Gasteiger partial charge in [-0.1, -0.05) is 26.7 Å². The van der Waals surface area contributed by atoms with Crippen LogP contribution in [0, 0.1) is 34.5 Å². The fraction of sp³-hybridized carbons (Fsp3) is 0.750. The van der Waals surface area contributed by atoms with Gasteiger partial charge < -0.3 is 0 Å². The molecule has 0 bridgehead atoms. The summed E-state index contributed by atoms with van der Waals surface area (Å²) in [7, 11) is 1.96. The van der Waals surface area contributed by atoms with E-state index in [2.05, 4.69) is 25.0 Å². The van der Waals surface area contributed by atoms with E-state index >= 15 is 0 Å². The third kappa shape index (κ3) is 2.46. The number of rotatable bonds is 1. The SMILES string of the molecule is Cn1nccc1/C=C1\C[C@H]2[C@@H]3CC[C@@H]4CCCC[C@]4(C)[C@H]3CC[C@]2(C)C1=O. The molecule has 0 radical (unpaired) electrons. The number of Topliss-reactive ketones (excluding diaryl/α,β-unsaturated/α-hetero) is 1. The minimum absolute atomic E-state index is 0.122. The highest BCUT2D eigenvalue weighted by Crippen LogP contribution is 2.66. The molecule has 1 aromatic rings. The first-order chi connectivity index (χ1) is 12.9. The Morgan fingerprint density at radius 1 is 1.11 bits per heavy atom. The number of hydrogen-bond donors (Lipinski definition) is 0. The van der Waals surface area contributed by atoms with Gasteiger partial charge in [0.05, 0.1) is 5.69 Å². The summed E-state index contributed by atoms with van der Waals surface area (Å²) in [5.41, 5.74) is 2.53. The number of ketones is 1. The highest BCUT2D eigenvalue weighted by molar-refractivity contribution is 6.05. The van der Waals surface area contributed by atoms with E-state index in [1.807, 2.05) is 24.0 Å². The van der Waals surface area contributed by atoms with Crippen molar-refractivity contribution in [3.63, 3.8) is 0 Å². The lowest BCUT2D eigenvalue weighted by Gasteiger charge is -2.59. The van der Waals surface area contributed by atoms with E-state index < -0.39 is 0 Å². The molecule has 4 saturated carbocycles. The summed E-state index contributed by atoms with van der Waals surface area (Å²) < 4.78 is 1.88. The van der Waals surface area contributed by atoms with Crippen molar-refractivity contribution in [3.05, 3.63) is 23.5 Å². The van der Waals surface area contributed by atoms with Gasteiger partial charge in [-0.15, -0.1) is 0 Å². The molecule has 0 N–H and O–H groups in total. The molecular formula is C24H34N2O. The second-order valence-corrected chi connectivity index (χ2v) is 10.4. The van der Waals surface area contributed by atoms with E-state index in [9.17, 15) is 4.79 Å². The quantitative estimate of drug-likeness (QED) is 0.622. The van der Waals surface area contributed by atoms with E-state index in [-0.39, 0.29) is 5.41 Å². The van der Waals surface area contributed by atoms with Crippen molar-refractivity contribution in [1.29, 1.82) is 0 Å². The van der Waals surface area contributed by atoms with Gasteiger partial charge in [-0.3, -0.25) is 9.48 Å². The van der Waals surface area contributed by atoms with Gasteiger partial charge in [0.15, 0.2) is 5.78 Å². The van der Waals surface area contributed by atoms with Gasteiger partial charge in [0.25, 0.3) is 0 Å². The third-order valence-corrected chi connectivity index (χ3v) is 9.40. The maximum atomic E-state index is 13.4. The lowest BCUT2D eigenvalue weighted by atomic mass is 9.45. The lowest BCUT2D eigenvalue weighted by molar-refractivity contribution is -0.137. The van der Waals surface area contributed by atoms with Crippen molar-refractivity contribution in [1.82, 2.24) is 9.78 Å². The van der Waals surface area contributed by atoms with Crippen LogP contribution < -0.4 is 0 Å². The van der Waals surface area contributed by atoms with Crippen LogP contribution in [0.5, 0.6) is 0 Å². The molecular weight excluding hydrogens is 332 g/mol. The molecule has 4 aliphatic carbocycles. The highest BCUT2D eigenvalue weighted by atomic mass is 16.1. The van der Waals surface area contributed by atoms with Crippen molar-refractivity contribution < 1.29 is 4.79 Å². The molecule has 0 aromatic carbocycles. The molecule has 0 amide bonds. The van der Waals surface area contributed by atoms with Gasteiger partial charge >= 0.3 is 0 Å². The number of aromatic nitrogens is 2. The van der Waals surface area contributed by atoms with Crippen LogP contribution in [0.3, 0.4) is 0 Å². The number of allylic oxidation sites excluding steroid dienone is 1. The molecule has 0 aliphatic heterocycles. The van der Waals surface area contributed by atoms with Crippen LogP contribution in [0.4, 0.5) is 0 Å². The minimum atomic E-state index is -0.122. The Morgan fingerprint density at radius 2 is 1.96 bits per heavy atom. The topological polar surface area (TPSA) is 34.9 Å². The summed E-state index contributed by atoms with van der Waals surface area (Å²) in [6, 6.07) is 2.02. The zero-order valence-corrected chi connectivity index (χ0v) is 17.2. The predicted octanol–water partition coefficient (Wildman–Crippen LogP) is 5.42. The smallest absolute Gasteiger partial charge is 0.165 e. The summed E-state index contributed by atoms with van der Waals surface area (Å²) >= 11 is 0. The molecule has 27 heavy (non-hydrogen) atoms. The van der Waals surface area contributed by atoms with Gasteiger partial charge in [0, 0.05) is 18.7 Å². The van der Waals surface area contributed by atoms with Crippen LogP contribution in [0.2, 0.25) is 0 Å². The second kappa shape index (κ2) is 6.06. The van der Waals surface area contributed by atoms with E-state index in [0.717, 1.165) is 41.9 Å². The van der Waals surface area contributed by atoms with Crippen LogP contribution in [0.15, 0.2) is 17.8 Å². The normalized spacial score (nSPS) is 45.4. The number of carbonyl (C=O) groups excluding carboxylic acids is 1. The van der Waals surface area contributed by atoms with Crippen LogP contribution in [0.25, 0.3) is 6.08 Å². The van der Waals surface area contributed by atoms with Gasteiger partial charge in [0.1, 0.15) is 0 Å². The Kier molecular flexibility index (Phi) is 3.97. The summed E-state index contributed by atoms with van der Waals surface area (Å²) in [5.74, 6) is 3.53. The first kappa shape index (κ1) is 17.7. The highest BCUT2D eigenvalue weighted by Gasteiger charge is 2.60. The molecule has 0 spiro atoms. The number of carbonyl (C=O) groups is 1. The molecule has 3 nitrogen and oxygen atoms in total. The number of fused-ring (bicyclic) bond motifs is 5. The van der Waals surface area contributed by atoms with Crippen molar-refractivity contribution in [2.45, 2.75) is 71.6 Å². The summed E-state index contributed by atoms with van der Waals surface area (Å²) in [6.45, 7) is 4.90. The van der Waals surface area contributed by atoms with E-state index in [1.165, 1.54) is 44.9 Å². The van der Waals surface area contributed by atoms with Gasteiger partial charge in [-0.2, -0.15) is 5.10 Å². The molecule has 0 unspecified atom stereocenters. The monoisotopic (exact) mass is 366 g/mol. The first-order valence-electron chi connectivity index (χ1n) is 11.2. The maximum absolute atomic E-state index is 13.4. The van der Waals surface area contributed by atoms with Crippen LogP contribution in [-0.2, 0) is 11.8 Å². The Balaban J connectivity index is 1.48. The number of hydrogen-bond acceptors (Lipinski definition) is 2. The largest absolute Gasteiger partial charge is 0.294 e. The standard InChI is InChI=1S/C24H34N2O/c1-23-11-5-4-6-17(23)7-8-19-20(23)9-12-24(2)21(19)15-16(22(24)27)14-18-10-13-25-26(18)3/h10,13-14,17,19-21H,4-9,11-12,15H2,1-3H3/b16-14+/t17-,19+,20-,21-,23-,24-/m0/s1. The predicted molar refractivity (Wildman–Crippen MR) is 108 cm³/mol. The summed E-state index contributed by atoms with van der Waals surface area (Å²) in [5, 5.41) is 4.27. The zero-order chi connectivity index (χ0) is 18.8. The second-order valence-electron chi connectivity index (χ2n) is 10.4. The summed E-state index contributed by atoms with van der Waals surface area (Å²) in [6.07, 6.45) is 15.8. The zero-order valence-electron chi connectivity index (χ0n) is 17.2. The van der Waals surface area contributed by atoms with Crippen LogP contribution >= 0.6 is 0 Å². The van der Waals surface area contributed by atoms with Gasteiger partial charge in [-0.05, 0) is 91.7 Å². The lowest BCUT2D eigenvalue weighted by Crippen LogP contribution is -2.52. The Labute approximate surface area is 163 Å². The van der Waals surface area contributed by atoms with E-state index in [0.29, 0.717) is 17.1 Å². The van der Waals surface area contributed by atoms with Crippen LogP contribution in [-0.4, -0.2) is 15.6 Å². The molecule has 146 valence electrons.